The van der Waals surface area contributed by atoms with E-state index < -0.39 is 5.91 Å². The summed E-state index contributed by atoms with van der Waals surface area (Å²) in [7, 11) is 0. The van der Waals surface area contributed by atoms with Crippen molar-refractivity contribution in [2.75, 3.05) is 13.2 Å². The molecule has 1 aromatic heterocycles. The molecular formula is C26H24N4O4S. The highest BCUT2D eigenvalue weighted by Crippen LogP contribution is 2.15. The summed E-state index contributed by atoms with van der Waals surface area (Å²) in [6.07, 6.45) is 1.84. The fraction of sp³-hybridized carbons (Fsp3) is 0.115. The molecule has 4 aromatic rings. The summed E-state index contributed by atoms with van der Waals surface area (Å²) in [5.41, 5.74) is 6.39. The molecule has 0 saturated heterocycles. The largest absolute Gasteiger partial charge is 0.490 e. The van der Waals surface area contributed by atoms with Crippen LogP contribution in [0.4, 0.5) is 0 Å². The van der Waals surface area contributed by atoms with E-state index in [1.54, 1.807) is 24.3 Å². The van der Waals surface area contributed by atoms with Crippen LogP contribution in [0.15, 0.2) is 91.1 Å². The van der Waals surface area contributed by atoms with Gasteiger partial charge in [-0.3, -0.25) is 25.8 Å². The lowest BCUT2D eigenvalue weighted by Crippen LogP contribution is -2.49. The minimum absolute atomic E-state index is 0.0147. The van der Waals surface area contributed by atoms with Gasteiger partial charge in [-0.1, -0.05) is 36.4 Å². The highest BCUT2D eigenvalue weighted by molar-refractivity contribution is 7.80. The Labute approximate surface area is 207 Å². The number of fused-ring (bicyclic) bond motifs is 1. The number of nitrogens with one attached hydrogen (secondary N) is 3. The third-order valence-corrected chi connectivity index (χ3v) is 5.22. The Balaban J connectivity index is 1.17. The minimum Gasteiger partial charge on any atom is -0.490 e. The predicted molar refractivity (Wildman–Crippen MR) is 137 cm³/mol. The number of thiocarbonyl (C=S) groups is 1. The molecular weight excluding hydrogens is 464 g/mol. The number of aromatic nitrogens is 1. The molecule has 0 spiro atoms. The van der Waals surface area contributed by atoms with Crippen LogP contribution in [0.5, 0.6) is 11.5 Å². The molecule has 35 heavy (non-hydrogen) atoms. The summed E-state index contributed by atoms with van der Waals surface area (Å²) in [4.78, 5) is 24.7. The lowest BCUT2D eigenvalue weighted by Gasteiger charge is -2.12. The number of ether oxygens (including phenoxy) is 2. The monoisotopic (exact) mass is 488 g/mol. The highest BCUT2D eigenvalue weighted by atomic mass is 32.1. The van der Waals surface area contributed by atoms with Crippen molar-refractivity contribution in [1.29, 1.82) is 0 Å². The summed E-state index contributed by atoms with van der Waals surface area (Å²) >= 11 is 5.11. The Morgan fingerprint density at radius 2 is 1.43 bits per heavy atom. The first-order valence-electron chi connectivity index (χ1n) is 10.9. The lowest BCUT2D eigenvalue weighted by atomic mass is 10.2. The van der Waals surface area contributed by atoms with E-state index in [4.69, 9.17) is 21.7 Å². The Morgan fingerprint density at radius 1 is 0.771 bits per heavy atom. The number of para-hydroxylation sites is 2. The molecule has 0 bridgehead atoms. The quantitative estimate of drug-likeness (QED) is 0.200. The first-order valence-corrected chi connectivity index (χ1v) is 11.3. The van der Waals surface area contributed by atoms with Crippen LogP contribution in [0, 0.1) is 0 Å². The third kappa shape index (κ3) is 6.81. The molecule has 0 fully saturated rings. The van der Waals surface area contributed by atoms with Crippen molar-refractivity contribution in [3.63, 3.8) is 0 Å². The normalized spacial score (nSPS) is 10.4. The maximum Gasteiger partial charge on any atom is 0.258 e. The number of hydrazine groups is 1. The highest BCUT2D eigenvalue weighted by Gasteiger charge is 2.10. The Kier molecular flexibility index (Phi) is 7.92. The molecule has 8 nitrogen and oxygen atoms in total. The molecule has 9 heteroatoms. The molecule has 178 valence electrons. The van der Waals surface area contributed by atoms with Crippen LogP contribution in [0.3, 0.4) is 0 Å². The molecule has 0 atom stereocenters. The zero-order valence-corrected chi connectivity index (χ0v) is 19.6. The van der Waals surface area contributed by atoms with E-state index in [1.165, 1.54) is 0 Å². The number of hydrogen-bond donors (Lipinski definition) is 3. The second-order valence-electron chi connectivity index (χ2n) is 7.49. The number of benzene rings is 3. The molecule has 1 heterocycles. The number of carbonyl (C=O) groups is 2. The molecule has 3 aromatic carbocycles. The summed E-state index contributed by atoms with van der Waals surface area (Å²) in [5.74, 6) is 0.679. The Morgan fingerprint density at radius 3 is 2.17 bits per heavy atom. The van der Waals surface area contributed by atoms with Crippen molar-refractivity contribution in [3.05, 3.63) is 96.7 Å². The molecule has 0 aliphatic carbocycles. The van der Waals surface area contributed by atoms with Gasteiger partial charge in [0.1, 0.15) is 31.3 Å². The molecule has 0 aliphatic rings. The molecule has 2 amide bonds. The summed E-state index contributed by atoms with van der Waals surface area (Å²) < 4.78 is 13.0. The average Bonchev–Trinajstić information content (AvgIpc) is 3.29. The van der Waals surface area contributed by atoms with Gasteiger partial charge in [-0.05, 0) is 66.1 Å². The minimum atomic E-state index is -0.410. The van der Waals surface area contributed by atoms with Crippen molar-refractivity contribution in [1.82, 2.24) is 20.7 Å². The second kappa shape index (κ2) is 11.7. The standard InChI is InChI=1S/C26H24N4O4S/c31-24(18-30-15-14-19-6-4-5-9-23(19)30)28-29-26(35)27-25(32)20-10-12-22(13-11-20)34-17-16-33-21-7-2-1-3-8-21/h1-15H,16-18H2,(H,28,31)(H2,27,29,32,35). The summed E-state index contributed by atoms with van der Waals surface area (Å²) in [5, 5.41) is 3.56. The van der Waals surface area contributed by atoms with Gasteiger partial charge in [0, 0.05) is 17.3 Å². The van der Waals surface area contributed by atoms with Crippen molar-refractivity contribution < 1.29 is 19.1 Å². The van der Waals surface area contributed by atoms with Gasteiger partial charge in [-0.2, -0.15) is 0 Å². The number of nitrogens with zero attached hydrogens (tertiary/aromatic N) is 1. The molecule has 0 unspecified atom stereocenters. The smallest absolute Gasteiger partial charge is 0.258 e. The average molecular weight is 489 g/mol. The molecule has 0 radical (unpaired) electrons. The van der Waals surface area contributed by atoms with E-state index in [9.17, 15) is 9.59 Å². The Bertz CT molecular complexity index is 1310. The second-order valence-corrected chi connectivity index (χ2v) is 7.90. The summed E-state index contributed by atoms with van der Waals surface area (Å²) in [6, 6.07) is 25.8. The van der Waals surface area contributed by atoms with E-state index in [2.05, 4.69) is 16.2 Å². The topological polar surface area (TPSA) is 93.6 Å². The summed E-state index contributed by atoms with van der Waals surface area (Å²) in [6.45, 7) is 0.875. The van der Waals surface area contributed by atoms with Crippen LogP contribution in [0.2, 0.25) is 0 Å². The van der Waals surface area contributed by atoms with Crippen molar-refractivity contribution in [3.8, 4) is 11.5 Å². The number of amides is 2. The van der Waals surface area contributed by atoms with Crippen LogP contribution < -0.4 is 25.6 Å². The fourth-order valence-electron chi connectivity index (χ4n) is 3.34. The molecule has 3 N–H and O–H groups in total. The van der Waals surface area contributed by atoms with Gasteiger partial charge in [0.05, 0.1) is 0 Å². The van der Waals surface area contributed by atoms with Crippen LogP contribution in [0.25, 0.3) is 10.9 Å². The van der Waals surface area contributed by atoms with Crippen LogP contribution in [-0.2, 0) is 11.3 Å². The van der Waals surface area contributed by atoms with E-state index in [0.717, 1.165) is 16.7 Å². The SMILES string of the molecule is O=C(Cn1ccc2ccccc21)NNC(=S)NC(=O)c1ccc(OCCOc2ccccc2)cc1. The van der Waals surface area contributed by atoms with E-state index in [-0.39, 0.29) is 17.6 Å². The first-order chi connectivity index (χ1) is 17.1. The van der Waals surface area contributed by atoms with Crippen LogP contribution in [-0.4, -0.2) is 34.7 Å². The van der Waals surface area contributed by atoms with Crippen molar-refractivity contribution in [2.45, 2.75) is 6.54 Å². The lowest BCUT2D eigenvalue weighted by molar-refractivity contribution is -0.122. The fourth-order valence-corrected chi connectivity index (χ4v) is 3.49. The maximum atomic E-state index is 12.4. The zero-order chi connectivity index (χ0) is 24.5. The van der Waals surface area contributed by atoms with E-state index in [1.807, 2.05) is 71.4 Å². The number of rotatable bonds is 8. The van der Waals surface area contributed by atoms with E-state index in [0.29, 0.717) is 24.5 Å². The van der Waals surface area contributed by atoms with Gasteiger partial charge in [-0.25, -0.2) is 0 Å². The van der Waals surface area contributed by atoms with Crippen LogP contribution >= 0.6 is 12.2 Å². The third-order valence-electron chi connectivity index (χ3n) is 5.02. The van der Waals surface area contributed by atoms with Gasteiger partial charge in [0.2, 0.25) is 0 Å². The van der Waals surface area contributed by atoms with Gasteiger partial charge >= 0.3 is 0 Å². The zero-order valence-electron chi connectivity index (χ0n) is 18.8. The van der Waals surface area contributed by atoms with Crippen molar-refractivity contribution in [2.24, 2.45) is 0 Å². The van der Waals surface area contributed by atoms with Crippen LogP contribution in [0.1, 0.15) is 10.4 Å². The van der Waals surface area contributed by atoms with E-state index >= 15 is 0 Å². The molecule has 0 aliphatic heterocycles. The Hall–Kier alpha value is -4.37. The predicted octanol–water partition coefficient (Wildman–Crippen LogP) is 3.43. The molecule has 0 saturated carbocycles. The number of carbonyl (C=O) groups excluding carboxylic acids is 2. The van der Waals surface area contributed by atoms with Crippen molar-refractivity contribution >= 4 is 40.0 Å². The molecule has 4 rings (SSSR count). The number of hydrogen-bond acceptors (Lipinski definition) is 5. The van der Waals surface area contributed by atoms with Gasteiger partial charge in [0.25, 0.3) is 11.8 Å². The van der Waals surface area contributed by atoms with Gasteiger partial charge < -0.3 is 14.0 Å². The van der Waals surface area contributed by atoms with Gasteiger partial charge in [-0.15, -0.1) is 0 Å². The van der Waals surface area contributed by atoms with Gasteiger partial charge in [0.15, 0.2) is 5.11 Å². The first kappa shape index (κ1) is 23.8. The maximum absolute atomic E-state index is 12.4.